The van der Waals surface area contributed by atoms with Crippen LogP contribution in [0.15, 0.2) is 36.5 Å². The Morgan fingerprint density at radius 2 is 2.05 bits per heavy atom. The van der Waals surface area contributed by atoms with Gasteiger partial charge in [0.05, 0.1) is 11.6 Å². The quantitative estimate of drug-likeness (QED) is 0.768. The molecule has 0 radical (unpaired) electrons. The molecule has 20 heavy (non-hydrogen) atoms. The first-order chi connectivity index (χ1) is 9.68. The summed E-state index contributed by atoms with van der Waals surface area (Å²) in [6.07, 6.45) is 4.82. The van der Waals surface area contributed by atoms with Gasteiger partial charge in [-0.25, -0.2) is 0 Å². The lowest BCUT2D eigenvalue weighted by Gasteiger charge is -2.24. The van der Waals surface area contributed by atoms with Crippen LogP contribution in [0.25, 0.3) is 0 Å². The summed E-state index contributed by atoms with van der Waals surface area (Å²) in [5.74, 6) is 0.159. The minimum atomic E-state index is -0.0690. The predicted molar refractivity (Wildman–Crippen MR) is 80.2 cm³/mol. The van der Waals surface area contributed by atoms with Crippen LogP contribution >= 0.6 is 0 Å². The van der Waals surface area contributed by atoms with E-state index in [4.69, 9.17) is 0 Å². The monoisotopic (exact) mass is 265 g/mol. The van der Waals surface area contributed by atoms with Crippen molar-refractivity contribution in [2.45, 2.75) is 39.0 Å². The SMILES string of the molecule is Cc1cccc(C(=O)C2CCCc3cccnc32)c1C. The Balaban J connectivity index is 2.02. The summed E-state index contributed by atoms with van der Waals surface area (Å²) in [6, 6.07) is 10.0. The van der Waals surface area contributed by atoms with Crippen molar-refractivity contribution in [1.29, 1.82) is 0 Å². The molecule has 0 aliphatic heterocycles. The Hall–Kier alpha value is -1.96. The minimum absolute atomic E-state index is 0.0690. The second-order valence-corrected chi connectivity index (χ2v) is 5.60. The highest BCUT2D eigenvalue weighted by atomic mass is 16.1. The third-order valence-electron chi connectivity index (χ3n) is 4.38. The van der Waals surface area contributed by atoms with Crippen molar-refractivity contribution in [3.8, 4) is 0 Å². The summed E-state index contributed by atoms with van der Waals surface area (Å²) in [5, 5.41) is 0. The molecule has 1 aliphatic carbocycles. The number of aryl methyl sites for hydroxylation is 2. The average molecular weight is 265 g/mol. The lowest BCUT2D eigenvalue weighted by Crippen LogP contribution is -2.21. The minimum Gasteiger partial charge on any atom is -0.293 e. The predicted octanol–water partition coefficient (Wildman–Crippen LogP) is 4.00. The van der Waals surface area contributed by atoms with Gasteiger partial charge in [-0.3, -0.25) is 9.78 Å². The number of ketones is 1. The maximum absolute atomic E-state index is 12.9. The second kappa shape index (κ2) is 5.20. The molecule has 1 atom stereocenters. The van der Waals surface area contributed by atoms with Gasteiger partial charge in [-0.05, 0) is 55.9 Å². The maximum Gasteiger partial charge on any atom is 0.172 e. The Bertz CT molecular complexity index is 660. The molecule has 102 valence electrons. The molecule has 0 amide bonds. The molecule has 0 bridgehead atoms. The largest absolute Gasteiger partial charge is 0.293 e. The molecule has 0 saturated heterocycles. The highest BCUT2D eigenvalue weighted by Crippen LogP contribution is 2.33. The fourth-order valence-corrected chi connectivity index (χ4v) is 3.07. The van der Waals surface area contributed by atoms with Crippen LogP contribution in [0.5, 0.6) is 0 Å². The molecule has 1 aromatic carbocycles. The van der Waals surface area contributed by atoms with Crippen LogP contribution in [0.1, 0.15) is 51.5 Å². The van der Waals surface area contributed by atoms with Crippen molar-refractivity contribution < 1.29 is 4.79 Å². The van der Waals surface area contributed by atoms with Crippen molar-refractivity contribution in [2.24, 2.45) is 0 Å². The third-order valence-corrected chi connectivity index (χ3v) is 4.38. The van der Waals surface area contributed by atoms with Crippen LogP contribution in [-0.2, 0) is 6.42 Å². The summed E-state index contributed by atoms with van der Waals surface area (Å²) in [4.78, 5) is 17.4. The summed E-state index contributed by atoms with van der Waals surface area (Å²) in [5.41, 5.74) is 5.36. The van der Waals surface area contributed by atoms with E-state index in [0.717, 1.165) is 36.1 Å². The first kappa shape index (κ1) is 13.0. The Morgan fingerprint density at radius 3 is 2.90 bits per heavy atom. The summed E-state index contributed by atoms with van der Waals surface area (Å²) < 4.78 is 0. The number of fused-ring (bicyclic) bond motifs is 1. The molecule has 2 heteroatoms. The molecule has 1 aromatic heterocycles. The van der Waals surface area contributed by atoms with E-state index in [-0.39, 0.29) is 11.7 Å². The van der Waals surface area contributed by atoms with Crippen molar-refractivity contribution in [2.75, 3.05) is 0 Å². The summed E-state index contributed by atoms with van der Waals surface area (Å²) in [7, 11) is 0. The molecule has 0 saturated carbocycles. The van der Waals surface area contributed by atoms with E-state index in [1.165, 1.54) is 11.1 Å². The second-order valence-electron chi connectivity index (χ2n) is 5.60. The normalized spacial score (nSPS) is 17.6. The number of carbonyl (C=O) groups excluding carboxylic acids is 1. The molecule has 2 aromatic rings. The van der Waals surface area contributed by atoms with Gasteiger partial charge in [-0.15, -0.1) is 0 Å². The fourth-order valence-electron chi connectivity index (χ4n) is 3.07. The number of hydrogen-bond acceptors (Lipinski definition) is 2. The van der Waals surface area contributed by atoms with E-state index in [9.17, 15) is 4.79 Å². The Morgan fingerprint density at radius 1 is 1.20 bits per heavy atom. The number of rotatable bonds is 2. The molecule has 0 N–H and O–H groups in total. The van der Waals surface area contributed by atoms with E-state index in [0.29, 0.717) is 0 Å². The molecule has 2 nitrogen and oxygen atoms in total. The van der Waals surface area contributed by atoms with Gasteiger partial charge in [-0.2, -0.15) is 0 Å². The van der Waals surface area contributed by atoms with E-state index in [1.54, 1.807) is 6.20 Å². The molecular formula is C18H19NO. The summed E-state index contributed by atoms with van der Waals surface area (Å²) in [6.45, 7) is 4.09. The van der Waals surface area contributed by atoms with Gasteiger partial charge in [0.2, 0.25) is 0 Å². The van der Waals surface area contributed by atoms with Gasteiger partial charge in [0.15, 0.2) is 5.78 Å². The van der Waals surface area contributed by atoms with Gasteiger partial charge in [0.25, 0.3) is 0 Å². The van der Waals surface area contributed by atoms with Crippen LogP contribution in [0.4, 0.5) is 0 Å². The molecule has 3 rings (SSSR count). The van der Waals surface area contributed by atoms with Gasteiger partial charge in [-0.1, -0.05) is 24.3 Å². The van der Waals surface area contributed by atoms with Crippen molar-refractivity contribution in [1.82, 2.24) is 4.98 Å². The molecular weight excluding hydrogens is 246 g/mol. The van der Waals surface area contributed by atoms with E-state index in [2.05, 4.69) is 24.0 Å². The fraction of sp³-hybridized carbons (Fsp3) is 0.333. The van der Waals surface area contributed by atoms with Crippen molar-refractivity contribution in [3.05, 3.63) is 64.5 Å². The molecule has 1 unspecified atom stereocenters. The van der Waals surface area contributed by atoms with E-state index < -0.39 is 0 Å². The first-order valence-electron chi connectivity index (χ1n) is 7.22. The van der Waals surface area contributed by atoms with Gasteiger partial charge < -0.3 is 0 Å². The molecule has 0 spiro atoms. The van der Waals surface area contributed by atoms with Crippen LogP contribution < -0.4 is 0 Å². The van der Waals surface area contributed by atoms with Gasteiger partial charge in [0, 0.05) is 11.8 Å². The average Bonchev–Trinajstić information content (AvgIpc) is 2.49. The van der Waals surface area contributed by atoms with Gasteiger partial charge >= 0.3 is 0 Å². The lowest BCUT2D eigenvalue weighted by atomic mass is 9.81. The van der Waals surface area contributed by atoms with Crippen LogP contribution in [0.3, 0.4) is 0 Å². The van der Waals surface area contributed by atoms with Crippen LogP contribution in [-0.4, -0.2) is 10.8 Å². The van der Waals surface area contributed by atoms with Crippen LogP contribution in [0.2, 0.25) is 0 Å². The van der Waals surface area contributed by atoms with E-state index in [1.807, 2.05) is 25.1 Å². The number of carbonyl (C=O) groups is 1. The Labute approximate surface area is 119 Å². The smallest absolute Gasteiger partial charge is 0.172 e. The zero-order valence-electron chi connectivity index (χ0n) is 12.0. The molecule has 1 aliphatic rings. The van der Waals surface area contributed by atoms with Crippen molar-refractivity contribution in [3.63, 3.8) is 0 Å². The van der Waals surface area contributed by atoms with E-state index >= 15 is 0 Å². The molecule has 1 heterocycles. The molecule has 0 fully saturated rings. The number of pyridine rings is 1. The maximum atomic E-state index is 12.9. The zero-order valence-corrected chi connectivity index (χ0v) is 12.0. The first-order valence-corrected chi connectivity index (χ1v) is 7.22. The lowest BCUT2D eigenvalue weighted by molar-refractivity contribution is 0.0948. The number of nitrogens with zero attached hydrogens (tertiary/aromatic N) is 1. The number of hydrogen-bond donors (Lipinski definition) is 0. The van der Waals surface area contributed by atoms with Crippen LogP contribution in [0, 0.1) is 13.8 Å². The number of Topliss-reactive ketones (excluding diaryl/α,β-unsaturated/α-hetero) is 1. The van der Waals surface area contributed by atoms with Gasteiger partial charge in [0.1, 0.15) is 0 Å². The highest BCUT2D eigenvalue weighted by Gasteiger charge is 2.29. The summed E-state index contributed by atoms with van der Waals surface area (Å²) >= 11 is 0. The number of benzene rings is 1. The Kier molecular flexibility index (Phi) is 3.39. The zero-order chi connectivity index (χ0) is 14.1. The number of aromatic nitrogens is 1. The van der Waals surface area contributed by atoms with Crippen molar-refractivity contribution >= 4 is 5.78 Å². The highest BCUT2D eigenvalue weighted by molar-refractivity contribution is 6.02. The topological polar surface area (TPSA) is 30.0 Å². The standard InChI is InChI=1S/C18H19NO/c1-12-6-3-9-15(13(12)2)18(20)16-10-4-7-14-8-5-11-19-17(14)16/h3,5-6,8-9,11,16H,4,7,10H2,1-2H3. The third kappa shape index (κ3) is 2.15.